The smallest absolute Gasteiger partial charge is 0.253 e. The maximum atomic E-state index is 12.7. The average Bonchev–Trinajstić information content (AvgIpc) is 2.51. The molecule has 0 atom stereocenters. The first-order valence-corrected chi connectivity index (χ1v) is 6.96. The number of rotatable bonds is 1. The Hall–Kier alpha value is -2.45. The Morgan fingerprint density at radius 2 is 1.52 bits per heavy atom. The molecule has 0 aliphatic heterocycles. The van der Waals surface area contributed by atoms with E-state index in [0.29, 0.717) is 16.7 Å². The highest BCUT2D eigenvalue weighted by Gasteiger charge is 2.27. The summed E-state index contributed by atoms with van der Waals surface area (Å²) < 4.78 is 0. The molecule has 0 bridgehead atoms. The highest BCUT2D eigenvalue weighted by atomic mass is 35.5. The van der Waals surface area contributed by atoms with Crippen molar-refractivity contribution in [1.29, 1.82) is 0 Å². The molecular formula is C18H9ClO2. The van der Waals surface area contributed by atoms with Crippen molar-refractivity contribution in [2.24, 2.45) is 0 Å². The van der Waals surface area contributed by atoms with Gasteiger partial charge in [0.25, 0.3) is 5.24 Å². The maximum absolute atomic E-state index is 12.7. The van der Waals surface area contributed by atoms with Crippen LogP contribution in [-0.4, -0.2) is 11.0 Å². The fourth-order valence-electron chi connectivity index (χ4n) is 3.06. The van der Waals surface area contributed by atoms with Crippen LogP contribution in [0.2, 0.25) is 0 Å². The summed E-state index contributed by atoms with van der Waals surface area (Å²) in [7, 11) is 0. The second-order valence-electron chi connectivity index (χ2n) is 5.04. The third kappa shape index (κ3) is 1.60. The molecule has 100 valence electrons. The predicted molar refractivity (Wildman–Crippen MR) is 83.0 cm³/mol. The van der Waals surface area contributed by atoms with Crippen molar-refractivity contribution in [2.45, 2.75) is 0 Å². The van der Waals surface area contributed by atoms with E-state index in [9.17, 15) is 9.59 Å². The molecule has 0 amide bonds. The first-order chi connectivity index (χ1) is 10.2. The van der Waals surface area contributed by atoms with Gasteiger partial charge in [0.2, 0.25) is 0 Å². The van der Waals surface area contributed by atoms with Gasteiger partial charge in [-0.25, -0.2) is 0 Å². The van der Waals surface area contributed by atoms with E-state index in [1.54, 1.807) is 18.2 Å². The second-order valence-corrected chi connectivity index (χ2v) is 5.38. The monoisotopic (exact) mass is 292 g/mol. The average molecular weight is 293 g/mol. The van der Waals surface area contributed by atoms with Gasteiger partial charge in [0.05, 0.1) is 0 Å². The number of hydrogen-bond donors (Lipinski definition) is 0. The van der Waals surface area contributed by atoms with E-state index in [1.165, 1.54) is 0 Å². The Kier molecular flexibility index (Phi) is 2.50. The van der Waals surface area contributed by atoms with Gasteiger partial charge in [-0.05, 0) is 28.6 Å². The fourth-order valence-corrected chi connectivity index (χ4v) is 3.21. The van der Waals surface area contributed by atoms with Gasteiger partial charge in [-0.1, -0.05) is 48.5 Å². The SMILES string of the molecule is O=C(Cl)c1ccc2cccc3c2c1-c1ccccc1C3=O. The molecule has 3 heteroatoms. The molecule has 1 aliphatic carbocycles. The van der Waals surface area contributed by atoms with E-state index in [1.807, 2.05) is 36.4 Å². The molecule has 3 aromatic rings. The lowest BCUT2D eigenvalue weighted by Crippen LogP contribution is -2.11. The summed E-state index contributed by atoms with van der Waals surface area (Å²) in [4.78, 5) is 24.4. The summed E-state index contributed by atoms with van der Waals surface area (Å²) in [6.07, 6.45) is 0. The minimum atomic E-state index is -0.508. The van der Waals surface area contributed by atoms with E-state index in [0.717, 1.165) is 21.9 Å². The highest BCUT2D eigenvalue weighted by Crippen LogP contribution is 2.41. The summed E-state index contributed by atoms with van der Waals surface area (Å²) in [6.45, 7) is 0. The van der Waals surface area contributed by atoms with Gasteiger partial charge in [-0.3, -0.25) is 9.59 Å². The Balaban J connectivity index is 2.29. The van der Waals surface area contributed by atoms with Crippen molar-refractivity contribution >= 4 is 33.4 Å². The third-order valence-corrected chi connectivity index (χ3v) is 4.15. The number of hydrogen-bond acceptors (Lipinski definition) is 2. The number of carbonyl (C=O) groups is 2. The van der Waals surface area contributed by atoms with Gasteiger partial charge in [0.1, 0.15) is 0 Å². The quantitative estimate of drug-likeness (QED) is 0.486. The van der Waals surface area contributed by atoms with Crippen LogP contribution in [0.5, 0.6) is 0 Å². The lowest BCUT2D eigenvalue weighted by atomic mass is 9.81. The largest absolute Gasteiger partial charge is 0.289 e. The van der Waals surface area contributed by atoms with Crippen LogP contribution < -0.4 is 0 Å². The van der Waals surface area contributed by atoms with Crippen LogP contribution in [0.1, 0.15) is 26.3 Å². The molecule has 0 saturated carbocycles. The maximum Gasteiger partial charge on any atom is 0.253 e. The minimum Gasteiger partial charge on any atom is -0.289 e. The zero-order valence-corrected chi connectivity index (χ0v) is 11.6. The minimum absolute atomic E-state index is 0.0112. The molecule has 1 aliphatic rings. The number of benzene rings is 3. The van der Waals surface area contributed by atoms with Crippen LogP contribution in [0.3, 0.4) is 0 Å². The summed E-state index contributed by atoms with van der Waals surface area (Å²) in [5.41, 5.74) is 3.22. The molecule has 3 aromatic carbocycles. The van der Waals surface area contributed by atoms with Crippen molar-refractivity contribution in [3.8, 4) is 11.1 Å². The van der Waals surface area contributed by atoms with Crippen molar-refractivity contribution in [3.63, 3.8) is 0 Å². The Morgan fingerprint density at radius 1 is 0.810 bits per heavy atom. The summed E-state index contributed by atoms with van der Waals surface area (Å²) >= 11 is 5.74. The first-order valence-electron chi connectivity index (χ1n) is 6.58. The van der Waals surface area contributed by atoms with Gasteiger partial charge in [-0.15, -0.1) is 0 Å². The lowest BCUT2D eigenvalue weighted by Gasteiger charge is -2.21. The molecule has 0 aromatic heterocycles. The first kappa shape index (κ1) is 12.3. The highest BCUT2D eigenvalue weighted by molar-refractivity contribution is 6.68. The van der Waals surface area contributed by atoms with E-state index < -0.39 is 5.24 Å². The van der Waals surface area contributed by atoms with Gasteiger partial charge >= 0.3 is 0 Å². The normalized spacial score (nSPS) is 12.3. The standard InChI is InChI=1S/C18H9ClO2/c19-18(21)14-9-8-10-4-3-7-13-15(10)16(14)11-5-1-2-6-12(11)17(13)20/h1-9H. The number of halogens is 1. The lowest BCUT2D eigenvalue weighted by molar-refractivity contribution is 0.103. The third-order valence-electron chi connectivity index (χ3n) is 3.94. The predicted octanol–water partition coefficient (Wildman–Crippen LogP) is 4.43. The van der Waals surface area contributed by atoms with Crippen LogP contribution in [0, 0.1) is 0 Å². The van der Waals surface area contributed by atoms with Crippen molar-refractivity contribution in [3.05, 3.63) is 71.3 Å². The fraction of sp³-hybridized carbons (Fsp3) is 0. The molecule has 4 rings (SSSR count). The molecule has 21 heavy (non-hydrogen) atoms. The van der Waals surface area contributed by atoms with Gasteiger partial charge in [0.15, 0.2) is 5.78 Å². The zero-order chi connectivity index (χ0) is 14.6. The molecule has 0 unspecified atom stereocenters. The van der Waals surface area contributed by atoms with Crippen molar-refractivity contribution in [1.82, 2.24) is 0 Å². The Morgan fingerprint density at radius 3 is 2.29 bits per heavy atom. The van der Waals surface area contributed by atoms with E-state index >= 15 is 0 Å². The molecule has 0 saturated heterocycles. The van der Waals surface area contributed by atoms with Gasteiger partial charge in [0, 0.05) is 27.6 Å². The molecule has 0 radical (unpaired) electrons. The molecule has 0 spiro atoms. The van der Waals surface area contributed by atoms with Crippen LogP contribution in [-0.2, 0) is 0 Å². The van der Waals surface area contributed by atoms with Crippen LogP contribution in [0.4, 0.5) is 0 Å². The topological polar surface area (TPSA) is 34.1 Å². The number of fused-ring (bicyclic) bond motifs is 2. The Bertz CT molecular complexity index is 941. The zero-order valence-electron chi connectivity index (χ0n) is 10.9. The number of ketones is 1. The van der Waals surface area contributed by atoms with Crippen LogP contribution >= 0.6 is 11.6 Å². The summed E-state index contributed by atoms with van der Waals surface area (Å²) in [6, 6.07) is 16.5. The molecule has 0 N–H and O–H groups in total. The number of carbonyl (C=O) groups excluding carboxylic acids is 2. The summed E-state index contributed by atoms with van der Waals surface area (Å²) in [5, 5.41) is 1.24. The molecular weight excluding hydrogens is 284 g/mol. The molecule has 0 heterocycles. The van der Waals surface area contributed by atoms with Crippen LogP contribution in [0.25, 0.3) is 21.9 Å². The Labute approximate surface area is 126 Å². The van der Waals surface area contributed by atoms with E-state index in [2.05, 4.69) is 0 Å². The van der Waals surface area contributed by atoms with Crippen LogP contribution in [0.15, 0.2) is 54.6 Å². The van der Waals surface area contributed by atoms with E-state index in [-0.39, 0.29) is 5.78 Å². The van der Waals surface area contributed by atoms with Crippen molar-refractivity contribution < 1.29 is 9.59 Å². The van der Waals surface area contributed by atoms with E-state index in [4.69, 9.17) is 11.6 Å². The molecule has 2 nitrogen and oxygen atoms in total. The van der Waals surface area contributed by atoms with Gasteiger partial charge in [-0.2, -0.15) is 0 Å². The van der Waals surface area contributed by atoms with Gasteiger partial charge < -0.3 is 0 Å². The second kappa shape index (κ2) is 4.27. The summed E-state index contributed by atoms with van der Waals surface area (Å²) in [5.74, 6) is -0.0112. The molecule has 0 fully saturated rings. The van der Waals surface area contributed by atoms with Crippen molar-refractivity contribution in [2.75, 3.05) is 0 Å².